The van der Waals surface area contributed by atoms with Crippen LogP contribution >= 0.6 is 0 Å². The van der Waals surface area contributed by atoms with Crippen molar-refractivity contribution in [3.8, 4) is 11.3 Å². The van der Waals surface area contributed by atoms with Crippen molar-refractivity contribution in [2.45, 2.75) is 25.9 Å². The Morgan fingerprint density at radius 2 is 2.00 bits per heavy atom. The van der Waals surface area contributed by atoms with Gasteiger partial charge in [-0.2, -0.15) is 0 Å². The van der Waals surface area contributed by atoms with Gasteiger partial charge >= 0.3 is 0 Å². The highest BCUT2D eigenvalue weighted by Crippen LogP contribution is 2.29. The zero-order valence-electron chi connectivity index (χ0n) is 17.7. The molecule has 32 heavy (non-hydrogen) atoms. The summed E-state index contributed by atoms with van der Waals surface area (Å²) in [5, 5.41) is 13.5. The van der Waals surface area contributed by atoms with Crippen LogP contribution in [0.25, 0.3) is 22.2 Å². The molecule has 162 valence electrons. The van der Waals surface area contributed by atoms with Crippen LogP contribution in [0.5, 0.6) is 0 Å². The van der Waals surface area contributed by atoms with Crippen molar-refractivity contribution in [3.05, 3.63) is 71.0 Å². The molecule has 1 aliphatic heterocycles. The Morgan fingerprint density at radius 1 is 1.16 bits per heavy atom. The lowest BCUT2D eigenvalue weighted by Gasteiger charge is -2.31. The largest absolute Gasteiger partial charge is 0.393 e. The quantitative estimate of drug-likeness (QED) is 0.457. The molecule has 4 aromatic rings. The summed E-state index contributed by atoms with van der Waals surface area (Å²) >= 11 is 0. The number of aromatic amines is 1. The van der Waals surface area contributed by atoms with Crippen molar-refractivity contribution >= 4 is 28.1 Å². The molecule has 0 amide bonds. The molecule has 0 bridgehead atoms. The van der Waals surface area contributed by atoms with Gasteiger partial charge in [-0.05, 0) is 56.2 Å². The van der Waals surface area contributed by atoms with E-state index in [1.165, 1.54) is 0 Å². The fourth-order valence-electron chi connectivity index (χ4n) is 4.09. The van der Waals surface area contributed by atoms with Crippen molar-refractivity contribution in [1.82, 2.24) is 19.9 Å². The molecule has 1 aliphatic rings. The fraction of sp³-hybridized carbons (Fsp3) is 0.250. The standard InChI is InChI=1S/C24H24N6O2/c1-15-18(3-2-9-25-15)20-13-21(23-19(28-20)6-10-26-24(23)32)29-22-5-4-16(14-27-22)30-11-7-17(31)8-12-30/h2-6,9-10,13-14,17,31H,7-8,11-12H2,1H3,(H,26,32)(H,27,28,29). The zero-order valence-corrected chi connectivity index (χ0v) is 17.7. The van der Waals surface area contributed by atoms with Crippen LogP contribution in [0.2, 0.25) is 0 Å². The summed E-state index contributed by atoms with van der Waals surface area (Å²) in [4.78, 5) is 31.2. The highest BCUT2D eigenvalue weighted by Gasteiger charge is 2.18. The molecule has 4 aromatic heterocycles. The molecule has 0 saturated carbocycles. The Morgan fingerprint density at radius 3 is 2.75 bits per heavy atom. The number of hydrogen-bond acceptors (Lipinski definition) is 7. The van der Waals surface area contributed by atoms with Crippen LogP contribution in [0, 0.1) is 6.92 Å². The number of aryl methyl sites for hydroxylation is 1. The van der Waals surface area contributed by atoms with Crippen LogP contribution in [0.1, 0.15) is 18.5 Å². The van der Waals surface area contributed by atoms with Gasteiger partial charge in [0.25, 0.3) is 5.56 Å². The Bertz CT molecular complexity index is 1310. The van der Waals surface area contributed by atoms with Gasteiger partial charge in [0, 0.05) is 36.7 Å². The number of fused-ring (bicyclic) bond motifs is 1. The molecule has 0 atom stereocenters. The number of nitrogens with zero attached hydrogens (tertiary/aromatic N) is 4. The third kappa shape index (κ3) is 3.92. The summed E-state index contributed by atoms with van der Waals surface area (Å²) in [7, 11) is 0. The highest BCUT2D eigenvalue weighted by molar-refractivity contribution is 5.94. The van der Waals surface area contributed by atoms with E-state index < -0.39 is 0 Å². The number of aromatic nitrogens is 4. The summed E-state index contributed by atoms with van der Waals surface area (Å²) in [5.74, 6) is 0.635. The van der Waals surface area contributed by atoms with E-state index >= 15 is 0 Å². The maximum atomic E-state index is 12.6. The average Bonchev–Trinajstić information content (AvgIpc) is 2.80. The molecule has 0 radical (unpaired) electrons. The number of aliphatic hydroxyl groups is 1. The molecule has 0 spiro atoms. The number of H-pyrrole nitrogens is 1. The van der Waals surface area contributed by atoms with E-state index in [-0.39, 0.29) is 11.7 Å². The number of aliphatic hydroxyl groups excluding tert-OH is 1. The van der Waals surface area contributed by atoms with Crippen molar-refractivity contribution < 1.29 is 5.11 Å². The minimum atomic E-state index is -0.213. The Labute approximate surface area is 185 Å². The van der Waals surface area contributed by atoms with E-state index in [0.29, 0.717) is 22.4 Å². The van der Waals surface area contributed by atoms with Gasteiger partial charge < -0.3 is 20.3 Å². The molecule has 8 heteroatoms. The lowest BCUT2D eigenvalue weighted by molar-refractivity contribution is 0.145. The maximum absolute atomic E-state index is 12.6. The van der Waals surface area contributed by atoms with Crippen LogP contribution < -0.4 is 15.8 Å². The van der Waals surface area contributed by atoms with E-state index in [2.05, 4.69) is 25.2 Å². The van der Waals surface area contributed by atoms with Gasteiger partial charge in [-0.15, -0.1) is 0 Å². The number of piperidine rings is 1. The van der Waals surface area contributed by atoms with Gasteiger partial charge in [-0.3, -0.25) is 9.78 Å². The van der Waals surface area contributed by atoms with Crippen molar-refractivity contribution in [2.24, 2.45) is 0 Å². The van der Waals surface area contributed by atoms with Crippen LogP contribution in [-0.2, 0) is 0 Å². The van der Waals surface area contributed by atoms with Crippen molar-refractivity contribution in [2.75, 3.05) is 23.3 Å². The Hall–Kier alpha value is -3.78. The van der Waals surface area contributed by atoms with E-state index in [4.69, 9.17) is 4.98 Å². The predicted octanol–water partition coefficient (Wildman–Crippen LogP) is 3.39. The lowest BCUT2D eigenvalue weighted by atomic mass is 10.1. The van der Waals surface area contributed by atoms with Gasteiger partial charge in [0.05, 0.1) is 40.3 Å². The van der Waals surface area contributed by atoms with Crippen LogP contribution in [0.15, 0.2) is 59.8 Å². The van der Waals surface area contributed by atoms with Gasteiger partial charge in [0.2, 0.25) is 0 Å². The first-order valence-corrected chi connectivity index (χ1v) is 10.7. The average molecular weight is 428 g/mol. The first-order valence-electron chi connectivity index (χ1n) is 10.7. The van der Waals surface area contributed by atoms with Gasteiger partial charge in [-0.1, -0.05) is 0 Å². The van der Waals surface area contributed by atoms with Crippen LogP contribution in [-0.4, -0.2) is 44.2 Å². The van der Waals surface area contributed by atoms with Crippen molar-refractivity contribution in [1.29, 1.82) is 0 Å². The monoisotopic (exact) mass is 428 g/mol. The summed E-state index contributed by atoms with van der Waals surface area (Å²) in [5.41, 5.74) is 4.55. The molecule has 0 unspecified atom stereocenters. The van der Waals surface area contributed by atoms with Crippen molar-refractivity contribution in [3.63, 3.8) is 0 Å². The molecular formula is C24H24N6O2. The summed E-state index contributed by atoms with van der Waals surface area (Å²) in [6, 6.07) is 11.4. The number of rotatable bonds is 4. The molecule has 0 aliphatic carbocycles. The third-order valence-corrected chi connectivity index (χ3v) is 5.85. The minimum Gasteiger partial charge on any atom is -0.393 e. The van der Waals surface area contributed by atoms with Crippen LogP contribution in [0.4, 0.5) is 17.2 Å². The van der Waals surface area contributed by atoms with E-state index in [0.717, 1.165) is 48.6 Å². The second kappa shape index (κ2) is 8.39. The summed E-state index contributed by atoms with van der Waals surface area (Å²) in [6.45, 7) is 3.56. The summed E-state index contributed by atoms with van der Waals surface area (Å²) < 4.78 is 0. The fourth-order valence-corrected chi connectivity index (χ4v) is 4.09. The number of hydrogen-bond donors (Lipinski definition) is 3. The van der Waals surface area contributed by atoms with Crippen LogP contribution in [0.3, 0.4) is 0 Å². The molecule has 5 rings (SSSR count). The second-order valence-electron chi connectivity index (χ2n) is 8.00. The Balaban J connectivity index is 1.51. The first kappa shape index (κ1) is 20.1. The predicted molar refractivity (Wildman–Crippen MR) is 125 cm³/mol. The molecule has 3 N–H and O–H groups in total. The third-order valence-electron chi connectivity index (χ3n) is 5.85. The first-order chi connectivity index (χ1) is 15.6. The van der Waals surface area contributed by atoms with E-state index in [1.807, 2.05) is 43.5 Å². The zero-order chi connectivity index (χ0) is 22.1. The number of pyridine rings is 4. The molecule has 1 saturated heterocycles. The molecular weight excluding hydrogens is 404 g/mol. The highest BCUT2D eigenvalue weighted by atomic mass is 16.3. The van der Waals surface area contributed by atoms with Gasteiger partial charge in [0.15, 0.2) is 0 Å². The Kier molecular flexibility index (Phi) is 5.28. The minimum absolute atomic E-state index is 0.212. The van der Waals surface area contributed by atoms with E-state index in [9.17, 15) is 9.90 Å². The van der Waals surface area contributed by atoms with Gasteiger partial charge in [0.1, 0.15) is 5.82 Å². The molecule has 5 heterocycles. The smallest absolute Gasteiger partial charge is 0.259 e. The van der Waals surface area contributed by atoms with E-state index in [1.54, 1.807) is 18.5 Å². The summed E-state index contributed by atoms with van der Waals surface area (Å²) in [6.07, 6.45) is 6.49. The normalized spacial score (nSPS) is 14.6. The van der Waals surface area contributed by atoms with Gasteiger partial charge in [-0.25, -0.2) is 9.97 Å². The number of anilines is 3. The SMILES string of the molecule is Cc1ncccc1-c1cc(Nc2ccc(N3CCC(O)CC3)cn2)c2c(=O)[nH]ccc2n1. The second-order valence-corrected chi connectivity index (χ2v) is 8.00. The number of nitrogens with one attached hydrogen (secondary N) is 2. The molecule has 0 aromatic carbocycles. The lowest BCUT2D eigenvalue weighted by Crippen LogP contribution is -2.35. The molecule has 8 nitrogen and oxygen atoms in total. The topological polar surface area (TPSA) is 107 Å². The molecule has 1 fully saturated rings. The maximum Gasteiger partial charge on any atom is 0.259 e.